The average molecular weight is 440 g/mol. The van der Waals surface area contributed by atoms with Crippen LogP contribution in [0.4, 0.5) is 24.7 Å². The van der Waals surface area contributed by atoms with Crippen LogP contribution in [-0.4, -0.2) is 21.9 Å². The minimum absolute atomic E-state index is 0.0447. The second kappa shape index (κ2) is 8.26. The van der Waals surface area contributed by atoms with Crippen LogP contribution < -0.4 is 15.8 Å². The third kappa shape index (κ3) is 4.09. The number of fused-ring (bicyclic) bond motifs is 1. The van der Waals surface area contributed by atoms with E-state index in [0.717, 1.165) is 6.07 Å². The van der Waals surface area contributed by atoms with Gasteiger partial charge in [0.15, 0.2) is 6.61 Å². The van der Waals surface area contributed by atoms with Crippen molar-refractivity contribution in [2.24, 2.45) is 5.73 Å². The molecule has 2 aromatic heterocycles. The molecule has 0 aliphatic heterocycles. The first-order valence-electron chi connectivity index (χ1n) is 9.65. The monoisotopic (exact) mass is 440 g/mol. The van der Waals surface area contributed by atoms with Crippen LogP contribution in [0.15, 0.2) is 48.7 Å². The molecule has 32 heavy (non-hydrogen) atoms. The van der Waals surface area contributed by atoms with Gasteiger partial charge in [-0.15, -0.1) is 0 Å². The highest BCUT2D eigenvalue weighted by molar-refractivity contribution is 5.84. The number of benzene rings is 2. The highest BCUT2D eigenvalue weighted by Gasteiger charge is 2.21. The van der Waals surface area contributed by atoms with Crippen LogP contribution in [0.25, 0.3) is 16.9 Å². The molecule has 0 spiro atoms. The van der Waals surface area contributed by atoms with Gasteiger partial charge >= 0.3 is 0 Å². The van der Waals surface area contributed by atoms with E-state index < -0.39 is 24.1 Å². The highest BCUT2D eigenvalue weighted by Crippen LogP contribution is 2.38. The standard InChI is InChI=1S/C23H19F3N4O2/c1-12-7-16(26)8-13(2)21(12)29-23-22(28-20-6-4-15(25)10-30(20)23)17-5-3-14(24)9-18(17)32-11-19(27)31/h3-10,29H,11H2,1-2H3,(H2,27,31). The number of carbonyl (C=O) groups excluding carboxylic acids is 1. The van der Waals surface area contributed by atoms with Crippen LogP contribution in [-0.2, 0) is 4.79 Å². The maximum absolute atomic E-state index is 14.1. The van der Waals surface area contributed by atoms with E-state index in [0.29, 0.717) is 39.5 Å². The molecule has 164 valence electrons. The molecule has 0 unspecified atom stereocenters. The number of carbonyl (C=O) groups is 1. The van der Waals surface area contributed by atoms with Crippen molar-refractivity contribution in [1.82, 2.24) is 9.38 Å². The SMILES string of the molecule is Cc1cc(F)cc(C)c1Nc1c(-c2ccc(F)cc2OCC(N)=O)nc2ccc(F)cn12. The minimum Gasteiger partial charge on any atom is -0.483 e. The number of pyridine rings is 1. The Morgan fingerprint density at radius 1 is 1.03 bits per heavy atom. The van der Waals surface area contributed by atoms with E-state index in [1.165, 1.54) is 47.0 Å². The van der Waals surface area contributed by atoms with Gasteiger partial charge < -0.3 is 15.8 Å². The van der Waals surface area contributed by atoms with E-state index in [-0.39, 0.29) is 11.6 Å². The molecule has 3 N–H and O–H groups in total. The first-order chi connectivity index (χ1) is 15.2. The largest absolute Gasteiger partial charge is 0.483 e. The number of aryl methyl sites for hydroxylation is 2. The molecule has 0 aliphatic carbocycles. The van der Waals surface area contributed by atoms with Crippen LogP contribution in [0.3, 0.4) is 0 Å². The molecular weight excluding hydrogens is 421 g/mol. The van der Waals surface area contributed by atoms with E-state index in [2.05, 4.69) is 10.3 Å². The molecule has 0 saturated heterocycles. The van der Waals surface area contributed by atoms with Gasteiger partial charge in [-0.3, -0.25) is 9.20 Å². The summed E-state index contributed by atoms with van der Waals surface area (Å²) < 4.78 is 48.7. The lowest BCUT2D eigenvalue weighted by Gasteiger charge is -2.15. The van der Waals surface area contributed by atoms with Crippen LogP contribution >= 0.6 is 0 Å². The number of ether oxygens (including phenoxy) is 1. The molecule has 4 aromatic rings. The molecule has 2 heterocycles. The number of primary amides is 1. The third-order valence-electron chi connectivity index (χ3n) is 4.89. The number of nitrogens with two attached hydrogens (primary N) is 1. The molecule has 4 rings (SSSR count). The van der Waals surface area contributed by atoms with Gasteiger partial charge in [0.2, 0.25) is 0 Å². The zero-order valence-corrected chi connectivity index (χ0v) is 17.2. The second-order valence-corrected chi connectivity index (χ2v) is 7.32. The Bertz CT molecular complexity index is 1330. The molecule has 6 nitrogen and oxygen atoms in total. The van der Waals surface area contributed by atoms with Crippen LogP contribution in [0.2, 0.25) is 0 Å². The highest BCUT2D eigenvalue weighted by atomic mass is 19.1. The van der Waals surface area contributed by atoms with Crippen LogP contribution in [0.5, 0.6) is 5.75 Å². The molecule has 2 aromatic carbocycles. The van der Waals surface area contributed by atoms with Gasteiger partial charge in [-0.2, -0.15) is 0 Å². The van der Waals surface area contributed by atoms with Crippen molar-refractivity contribution in [2.75, 3.05) is 11.9 Å². The Kier molecular flexibility index (Phi) is 5.48. The number of imidazole rings is 1. The van der Waals surface area contributed by atoms with Crippen LogP contribution in [0.1, 0.15) is 11.1 Å². The lowest BCUT2D eigenvalue weighted by molar-refractivity contribution is -0.119. The molecule has 0 bridgehead atoms. The van der Waals surface area contributed by atoms with Crippen LogP contribution in [0, 0.1) is 31.3 Å². The van der Waals surface area contributed by atoms with Crippen molar-refractivity contribution in [1.29, 1.82) is 0 Å². The molecule has 0 aliphatic rings. The Labute approximate surface area is 181 Å². The van der Waals surface area contributed by atoms with Gasteiger partial charge in [0.1, 0.15) is 40.4 Å². The first-order valence-corrected chi connectivity index (χ1v) is 9.65. The summed E-state index contributed by atoms with van der Waals surface area (Å²) in [5.41, 5.74) is 8.11. The lowest BCUT2D eigenvalue weighted by Crippen LogP contribution is -2.20. The topological polar surface area (TPSA) is 81.6 Å². The Morgan fingerprint density at radius 3 is 2.41 bits per heavy atom. The van der Waals surface area contributed by atoms with Crippen molar-refractivity contribution in [3.05, 3.63) is 77.2 Å². The van der Waals surface area contributed by atoms with Gasteiger partial charge in [-0.1, -0.05) is 0 Å². The van der Waals surface area contributed by atoms with Crippen molar-refractivity contribution in [3.63, 3.8) is 0 Å². The predicted molar refractivity (Wildman–Crippen MR) is 114 cm³/mol. The van der Waals surface area contributed by atoms with Gasteiger partial charge in [-0.25, -0.2) is 18.2 Å². The lowest BCUT2D eigenvalue weighted by atomic mass is 10.1. The average Bonchev–Trinajstić information content (AvgIpc) is 3.06. The number of halogens is 3. The van der Waals surface area contributed by atoms with Gasteiger partial charge in [0, 0.05) is 23.5 Å². The van der Waals surface area contributed by atoms with E-state index >= 15 is 0 Å². The molecule has 0 atom stereocenters. The quantitative estimate of drug-likeness (QED) is 0.458. The molecule has 0 saturated carbocycles. The first kappa shape index (κ1) is 21.2. The van der Waals surface area contributed by atoms with Crippen molar-refractivity contribution < 1.29 is 22.7 Å². The number of anilines is 2. The molecule has 0 fully saturated rings. The van der Waals surface area contributed by atoms with Gasteiger partial charge in [-0.05, 0) is 61.4 Å². The fourth-order valence-corrected chi connectivity index (χ4v) is 3.51. The smallest absolute Gasteiger partial charge is 0.255 e. The number of amides is 1. The van der Waals surface area contributed by atoms with Gasteiger partial charge in [0.25, 0.3) is 5.91 Å². The summed E-state index contributed by atoms with van der Waals surface area (Å²) in [7, 11) is 0. The second-order valence-electron chi connectivity index (χ2n) is 7.32. The normalized spacial score (nSPS) is 11.0. The number of rotatable bonds is 6. The summed E-state index contributed by atoms with van der Waals surface area (Å²) in [6.45, 7) is 3.01. The van der Waals surface area contributed by atoms with Crippen molar-refractivity contribution in [3.8, 4) is 17.0 Å². The summed E-state index contributed by atoms with van der Waals surface area (Å²) in [5.74, 6) is -1.79. The third-order valence-corrected chi connectivity index (χ3v) is 4.89. The molecular formula is C23H19F3N4O2. The predicted octanol–water partition coefficient (Wildman–Crippen LogP) is 4.64. The number of hydrogen-bond acceptors (Lipinski definition) is 4. The van der Waals surface area contributed by atoms with E-state index in [9.17, 15) is 18.0 Å². The zero-order valence-electron chi connectivity index (χ0n) is 17.2. The van der Waals surface area contributed by atoms with Crippen molar-refractivity contribution >= 4 is 23.1 Å². The summed E-state index contributed by atoms with van der Waals surface area (Å²) >= 11 is 0. The van der Waals surface area contributed by atoms with Crippen molar-refractivity contribution in [2.45, 2.75) is 13.8 Å². The van der Waals surface area contributed by atoms with Gasteiger partial charge in [0.05, 0.1) is 0 Å². The molecule has 0 radical (unpaired) electrons. The molecule has 1 amide bonds. The number of nitrogens with zero attached hydrogens (tertiary/aromatic N) is 2. The summed E-state index contributed by atoms with van der Waals surface area (Å²) in [5, 5.41) is 3.22. The minimum atomic E-state index is -0.729. The van der Waals surface area contributed by atoms with E-state index in [4.69, 9.17) is 10.5 Å². The summed E-state index contributed by atoms with van der Waals surface area (Å²) in [4.78, 5) is 15.7. The Morgan fingerprint density at radius 2 is 1.72 bits per heavy atom. The maximum atomic E-state index is 14.1. The fraction of sp³-hybridized carbons (Fsp3) is 0.130. The summed E-state index contributed by atoms with van der Waals surface area (Å²) in [6.07, 6.45) is 1.25. The Balaban J connectivity index is 1.93. The Hall–Kier alpha value is -4.01. The fourth-order valence-electron chi connectivity index (χ4n) is 3.51. The number of nitrogens with one attached hydrogen (secondary N) is 1. The maximum Gasteiger partial charge on any atom is 0.255 e. The summed E-state index contributed by atoms with van der Waals surface area (Å²) in [6, 6.07) is 9.27. The van der Waals surface area contributed by atoms with E-state index in [1.54, 1.807) is 13.8 Å². The molecule has 9 heteroatoms. The zero-order chi connectivity index (χ0) is 23.0. The number of hydrogen-bond donors (Lipinski definition) is 2. The number of aromatic nitrogens is 2. The van der Waals surface area contributed by atoms with E-state index in [1.807, 2.05) is 0 Å².